The number of benzene rings is 2. The standard InChI is InChI=1S/C20H19ClN2O2/c21-19-8-4-17(5-9-19)16-2-6-18(7-3-16)20(24-12-1-13-25-20)14-23-11-10-22-15-23/h2-11,15H,1,12-14H2. The third-order valence-corrected chi connectivity index (χ3v) is 4.66. The van der Waals surface area contributed by atoms with Crippen LogP contribution in [-0.4, -0.2) is 22.8 Å². The van der Waals surface area contributed by atoms with Crippen molar-refractivity contribution < 1.29 is 9.47 Å². The predicted molar refractivity (Wildman–Crippen MR) is 97.3 cm³/mol. The molecule has 1 saturated heterocycles. The summed E-state index contributed by atoms with van der Waals surface area (Å²) in [5, 5.41) is 0.740. The van der Waals surface area contributed by atoms with Crippen molar-refractivity contribution in [1.82, 2.24) is 9.55 Å². The van der Waals surface area contributed by atoms with E-state index in [0.29, 0.717) is 19.8 Å². The van der Waals surface area contributed by atoms with Crippen LogP contribution in [0.4, 0.5) is 0 Å². The normalized spacial score (nSPS) is 16.7. The Morgan fingerprint density at radius 3 is 2.20 bits per heavy atom. The highest BCUT2D eigenvalue weighted by Crippen LogP contribution is 2.34. The van der Waals surface area contributed by atoms with Crippen LogP contribution in [0.15, 0.2) is 67.3 Å². The molecule has 1 fully saturated rings. The molecule has 0 unspecified atom stereocenters. The first-order chi connectivity index (χ1) is 12.3. The largest absolute Gasteiger partial charge is 0.344 e. The minimum absolute atomic E-state index is 0.577. The fraction of sp³-hybridized carbons (Fsp3) is 0.250. The lowest BCUT2D eigenvalue weighted by atomic mass is 9.99. The van der Waals surface area contributed by atoms with Gasteiger partial charge in [0.05, 0.1) is 26.1 Å². The van der Waals surface area contributed by atoms with Crippen molar-refractivity contribution in [2.45, 2.75) is 18.8 Å². The van der Waals surface area contributed by atoms with Crippen molar-refractivity contribution in [2.24, 2.45) is 0 Å². The van der Waals surface area contributed by atoms with Gasteiger partial charge in [-0.05, 0) is 29.7 Å². The molecule has 128 valence electrons. The van der Waals surface area contributed by atoms with E-state index in [0.717, 1.165) is 28.1 Å². The zero-order valence-electron chi connectivity index (χ0n) is 13.8. The Labute approximate surface area is 152 Å². The average Bonchev–Trinajstić information content (AvgIpc) is 3.16. The minimum Gasteiger partial charge on any atom is -0.344 e. The Balaban J connectivity index is 1.64. The molecule has 0 saturated carbocycles. The average molecular weight is 355 g/mol. The lowest BCUT2D eigenvalue weighted by molar-refractivity contribution is -0.283. The number of ether oxygens (including phenoxy) is 2. The summed E-state index contributed by atoms with van der Waals surface area (Å²) in [4.78, 5) is 4.11. The highest BCUT2D eigenvalue weighted by Gasteiger charge is 2.37. The summed E-state index contributed by atoms with van der Waals surface area (Å²) in [5.41, 5.74) is 3.28. The number of aromatic nitrogens is 2. The Morgan fingerprint density at radius 1 is 0.960 bits per heavy atom. The molecule has 1 aromatic heterocycles. The third kappa shape index (κ3) is 3.47. The molecule has 0 spiro atoms. The molecular weight excluding hydrogens is 336 g/mol. The molecule has 4 nitrogen and oxygen atoms in total. The van der Waals surface area contributed by atoms with Crippen molar-refractivity contribution in [1.29, 1.82) is 0 Å². The quantitative estimate of drug-likeness (QED) is 0.692. The second kappa shape index (κ2) is 7.00. The van der Waals surface area contributed by atoms with E-state index in [1.54, 1.807) is 12.5 Å². The van der Waals surface area contributed by atoms with Crippen molar-refractivity contribution in [3.8, 4) is 11.1 Å². The smallest absolute Gasteiger partial charge is 0.213 e. The number of rotatable bonds is 4. The van der Waals surface area contributed by atoms with Gasteiger partial charge in [0.25, 0.3) is 0 Å². The van der Waals surface area contributed by atoms with Gasteiger partial charge in [-0.2, -0.15) is 0 Å². The van der Waals surface area contributed by atoms with Gasteiger partial charge in [-0.25, -0.2) is 4.98 Å². The van der Waals surface area contributed by atoms with Crippen LogP contribution in [0.2, 0.25) is 5.02 Å². The highest BCUT2D eigenvalue weighted by atomic mass is 35.5. The topological polar surface area (TPSA) is 36.3 Å². The van der Waals surface area contributed by atoms with Gasteiger partial charge in [0.15, 0.2) is 0 Å². The van der Waals surface area contributed by atoms with E-state index in [2.05, 4.69) is 29.2 Å². The third-order valence-electron chi connectivity index (χ3n) is 4.41. The van der Waals surface area contributed by atoms with Gasteiger partial charge >= 0.3 is 0 Å². The van der Waals surface area contributed by atoms with Gasteiger partial charge < -0.3 is 14.0 Å². The van der Waals surface area contributed by atoms with E-state index in [-0.39, 0.29) is 0 Å². The van der Waals surface area contributed by atoms with Crippen molar-refractivity contribution in [3.63, 3.8) is 0 Å². The lowest BCUT2D eigenvalue weighted by Gasteiger charge is -2.37. The molecule has 0 bridgehead atoms. The Kier molecular flexibility index (Phi) is 4.57. The molecule has 0 aliphatic carbocycles. The summed E-state index contributed by atoms with van der Waals surface area (Å²) in [6.07, 6.45) is 6.38. The van der Waals surface area contributed by atoms with Crippen molar-refractivity contribution in [2.75, 3.05) is 13.2 Å². The maximum Gasteiger partial charge on any atom is 0.213 e. The summed E-state index contributed by atoms with van der Waals surface area (Å²) in [6, 6.07) is 16.2. The number of nitrogens with zero attached hydrogens (tertiary/aromatic N) is 2. The van der Waals surface area contributed by atoms with Gasteiger partial charge in [0.1, 0.15) is 0 Å². The SMILES string of the molecule is Clc1ccc(-c2ccc(C3(Cn4ccnc4)OCCCO3)cc2)cc1. The molecule has 0 N–H and O–H groups in total. The summed E-state index contributed by atoms with van der Waals surface area (Å²) >= 11 is 5.97. The van der Waals surface area contributed by atoms with E-state index in [1.807, 2.05) is 35.0 Å². The summed E-state index contributed by atoms with van der Waals surface area (Å²) in [6.45, 7) is 1.95. The molecule has 0 radical (unpaired) electrons. The minimum atomic E-state index is -0.766. The van der Waals surface area contributed by atoms with Crippen molar-refractivity contribution in [3.05, 3.63) is 77.8 Å². The fourth-order valence-electron chi connectivity index (χ4n) is 3.10. The van der Waals surface area contributed by atoms with Crippen LogP contribution < -0.4 is 0 Å². The first kappa shape index (κ1) is 16.3. The molecule has 5 heteroatoms. The van der Waals surface area contributed by atoms with E-state index in [1.165, 1.54) is 0 Å². The lowest BCUT2D eigenvalue weighted by Crippen LogP contribution is -2.41. The van der Waals surface area contributed by atoms with Crippen molar-refractivity contribution >= 4 is 11.6 Å². The first-order valence-electron chi connectivity index (χ1n) is 8.35. The van der Waals surface area contributed by atoms with Crippen LogP contribution in [0, 0.1) is 0 Å². The fourth-order valence-corrected chi connectivity index (χ4v) is 3.23. The van der Waals surface area contributed by atoms with E-state index < -0.39 is 5.79 Å². The Morgan fingerprint density at radius 2 is 1.60 bits per heavy atom. The van der Waals surface area contributed by atoms with Crippen LogP contribution in [0.1, 0.15) is 12.0 Å². The zero-order chi connectivity index (χ0) is 17.1. The molecule has 0 atom stereocenters. The van der Waals surface area contributed by atoms with Crippen LogP contribution in [0.3, 0.4) is 0 Å². The molecule has 25 heavy (non-hydrogen) atoms. The second-order valence-electron chi connectivity index (χ2n) is 6.12. The van der Waals surface area contributed by atoms with Crippen LogP contribution in [-0.2, 0) is 21.8 Å². The maximum absolute atomic E-state index is 6.10. The van der Waals surface area contributed by atoms with Crippen LogP contribution in [0.25, 0.3) is 11.1 Å². The molecule has 2 aromatic carbocycles. The molecule has 2 heterocycles. The molecule has 1 aliphatic rings. The molecule has 0 amide bonds. The number of imidazole rings is 1. The van der Waals surface area contributed by atoms with Gasteiger partial charge in [0.2, 0.25) is 5.79 Å². The maximum atomic E-state index is 6.10. The molecule has 4 rings (SSSR count). The molecule has 1 aliphatic heterocycles. The van der Waals surface area contributed by atoms with Gasteiger partial charge in [-0.1, -0.05) is 48.0 Å². The van der Waals surface area contributed by atoms with E-state index in [4.69, 9.17) is 21.1 Å². The Bertz CT molecular complexity index is 808. The van der Waals surface area contributed by atoms with Gasteiger partial charge in [0, 0.05) is 23.0 Å². The second-order valence-corrected chi connectivity index (χ2v) is 6.56. The summed E-state index contributed by atoms with van der Waals surface area (Å²) < 4.78 is 14.2. The highest BCUT2D eigenvalue weighted by molar-refractivity contribution is 6.30. The Hall–Kier alpha value is -2.14. The number of halogens is 1. The number of hydrogen-bond acceptors (Lipinski definition) is 3. The van der Waals surface area contributed by atoms with Gasteiger partial charge in [-0.3, -0.25) is 0 Å². The van der Waals surface area contributed by atoms with Crippen LogP contribution in [0.5, 0.6) is 0 Å². The summed E-state index contributed by atoms with van der Waals surface area (Å²) in [7, 11) is 0. The molecular formula is C20H19ClN2O2. The number of hydrogen-bond donors (Lipinski definition) is 0. The van der Waals surface area contributed by atoms with Crippen LogP contribution >= 0.6 is 11.6 Å². The monoisotopic (exact) mass is 354 g/mol. The predicted octanol–water partition coefficient (Wildman–Crippen LogP) is 4.49. The molecule has 3 aromatic rings. The van der Waals surface area contributed by atoms with E-state index in [9.17, 15) is 0 Å². The summed E-state index contributed by atoms with van der Waals surface area (Å²) in [5.74, 6) is -0.766. The van der Waals surface area contributed by atoms with E-state index >= 15 is 0 Å². The zero-order valence-corrected chi connectivity index (χ0v) is 14.5. The first-order valence-corrected chi connectivity index (χ1v) is 8.73. The van der Waals surface area contributed by atoms with Gasteiger partial charge in [-0.15, -0.1) is 0 Å².